The highest BCUT2D eigenvalue weighted by atomic mass is 35.5. The van der Waals surface area contributed by atoms with Gasteiger partial charge in [-0.3, -0.25) is 4.79 Å². The van der Waals surface area contributed by atoms with Gasteiger partial charge in [-0.2, -0.15) is 0 Å². The Balaban J connectivity index is 1.72. The maximum atomic E-state index is 13.2. The number of halogens is 3. The molecule has 0 spiro atoms. The van der Waals surface area contributed by atoms with Crippen molar-refractivity contribution in [1.82, 2.24) is 9.97 Å². The topological polar surface area (TPSA) is 76.1 Å². The normalized spacial score (nSPS) is 10.4. The average molecular weight is 391 g/mol. The summed E-state index contributed by atoms with van der Waals surface area (Å²) in [5.74, 6) is -1.75. The first-order chi connectivity index (χ1) is 13.0. The summed E-state index contributed by atoms with van der Waals surface area (Å²) in [6.07, 6.45) is 2.59. The molecule has 0 aliphatic carbocycles. The van der Waals surface area contributed by atoms with Gasteiger partial charge >= 0.3 is 0 Å². The van der Waals surface area contributed by atoms with Crippen LogP contribution >= 0.6 is 11.6 Å². The molecule has 2 aromatic carbocycles. The Labute approximate surface area is 158 Å². The molecule has 6 nitrogen and oxygen atoms in total. The fraction of sp³-hybridized carbons (Fsp3) is 0.0556. The third-order valence-corrected chi connectivity index (χ3v) is 3.72. The van der Waals surface area contributed by atoms with Crippen LogP contribution < -0.4 is 15.4 Å². The predicted octanol–water partition coefficient (Wildman–Crippen LogP) is 4.41. The van der Waals surface area contributed by atoms with E-state index in [1.807, 2.05) is 0 Å². The third kappa shape index (κ3) is 4.48. The number of rotatable bonds is 5. The minimum atomic E-state index is -1.06. The Morgan fingerprint density at radius 2 is 1.89 bits per heavy atom. The number of hydrogen-bond donors (Lipinski definition) is 2. The lowest BCUT2D eigenvalue weighted by Gasteiger charge is -2.11. The molecule has 0 aliphatic rings. The first-order valence-electron chi connectivity index (χ1n) is 7.65. The van der Waals surface area contributed by atoms with Crippen molar-refractivity contribution in [2.24, 2.45) is 0 Å². The van der Waals surface area contributed by atoms with Crippen molar-refractivity contribution in [3.8, 4) is 5.75 Å². The van der Waals surface area contributed by atoms with E-state index in [-0.39, 0.29) is 11.4 Å². The fourth-order valence-corrected chi connectivity index (χ4v) is 2.37. The van der Waals surface area contributed by atoms with Gasteiger partial charge in [0, 0.05) is 16.8 Å². The molecule has 1 amide bonds. The summed E-state index contributed by atoms with van der Waals surface area (Å²) < 4.78 is 31.4. The van der Waals surface area contributed by atoms with Crippen LogP contribution in [-0.2, 0) is 0 Å². The molecule has 0 saturated carbocycles. The molecule has 2 N–H and O–H groups in total. The Hall–Kier alpha value is -3.26. The largest absolute Gasteiger partial charge is 0.495 e. The molecule has 0 saturated heterocycles. The van der Waals surface area contributed by atoms with E-state index in [4.69, 9.17) is 16.3 Å². The van der Waals surface area contributed by atoms with Gasteiger partial charge in [-0.25, -0.2) is 18.7 Å². The zero-order valence-electron chi connectivity index (χ0n) is 14.0. The molecule has 0 aliphatic heterocycles. The van der Waals surface area contributed by atoms with E-state index in [1.54, 1.807) is 18.2 Å². The van der Waals surface area contributed by atoms with Gasteiger partial charge in [0.25, 0.3) is 5.91 Å². The number of amides is 1. The number of aromatic nitrogens is 2. The van der Waals surface area contributed by atoms with Crippen molar-refractivity contribution >= 4 is 34.7 Å². The monoisotopic (exact) mass is 390 g/mol. The number of nitrogens with zero attached hydrogens (tertiary/aromatic N) is 2. The maximum absolute atomic E-state index is 13.2. The Morgan fingerprint density at radius 3 is 2.56 bits per heavy atom. The second kappa shape index (κ2) is 7.96. The number of carbonyl (C=O) groups excluding carboxylic acids is 1. The average Bonchev–Trinajstić information content (AvgIpc) is 2.65. The van der Waals surface area contributed by atoms with Crippen LogP contribution in [0.25, 0.3) is 0 Å². The molecule has 0 unspecified atom stereocenters. The van der Waals surface area contributed by atoms with Crippen molar-refractivity contribution in [2.45, 2.75) is 0 Å². The van der Waals surface area contributed by atoms with E-state index in [1.165, 1.54) is 25.6 Å². The zero-order chi connectivity index (χ0) is 19.4. The predicted molar refractivity (Wildman–Crippen MR) is 97.6 cm³/mol. The van der Waals surface area contributed by atoms with E-state index in [9.17, 15) is 13.6 Å². The number of anilines is 3. The summed E-state index contributed by atoms with van der Waals surface area (Å²) in [5.41, 5.74) is 0.688. The van der Waals surface area contributed by atoms with Crippen molar-refractivity contribution in [1.29, 1.82) is 0 Å². The summed E-state index contributed by atoms with van der Waals surface area (Å²) in [7, 11) is 1.52. The quantitative estimate of drug-likeness (QED) is 0.674. The van der Waals surface area contributed by atoms with Crippen LogP contribution in [0.2, 0.25) is 5.02 Å². The van der Waals surface area contributed by atoms with E-state index >= 15 is 0 Å². The molecule has 1 heterocycles. The van der Waals surface area contributed by atoms with Gasteiger partial charge in [-0.15, -0.1) is 0 Å². The van der Waals surface area contributed by atoms with Crippen LogP contribution in [0.15, 0.2) is 48.8 Å². The van der Waals surface area contributed by atoms with E-state index in [0.29, 0.717) is 22.3 Å². The molecule has 0 radical (unpaired) electrons. The van der Waals surface area contributed by atoms with Crippen LogP contribution in [0.1, 0.15) is 10.5 Å². The molecular weight excluding hydrogens is 378 g/mol. The standard InChI is InChI=1S/C18H13ClF2N4O2/c1-27-16-5-2-10(19)6-14(16)25-17-9-22-15(8-23-17)18(26)24-11-3-4-12(20)13(21)7-11/h2-9H,1H3,(H,23,25)(H,24,26). The van der Waals surface area contributed by atoms with Crippen LogP contribution in [-0.4, -0.2) is 23.0 Å². The lowest BCUT2D eigenvalue weighted by Crippen LogP contribution is -2.14. The van der Waals surface area contributed by atoms with Crippen LogP contribution in [0.4, 0.5) is 26.0 Å². The Bertz CT molecular complexity index is 984. The molecule has 0 bridgehead atoms. The fourth-order valence-electron chi connectivity index (χ4n) is 2.19. The summed E-state index contributed by atoms with van der Waals surface area (Å²) in [6.45, 7) is 0. The number of ether oxygens (including phenoxy) is 1. The number of methoxy groups -OCH3 is 1. The summed E-state index contributed by atoms with van der Waals surface area (Å²) >= 11 is 5.97. The smallest absolute Gasteiger partial charge is 0.275 e. The zero-order valence-corrected chi connectivity index (χ0v) is 14.7. The second-order valence-corrected chi connectivity index (χ2v) is 5.78. The van der Waals surface area contributed by atoms with Gasteiger partial charge < -0.3 is 15.4 Å². The lowest BCUT2D eigenvalue weighted by atomic mass is 10.3. The first kappa shape index (κ1) is 18.5. The van der Waals surface area contributed by atoms with Gasteiger partial charge in [0.15, 0.2) is 11.6 Å². The van der Waals surface area contributed by atoms with Crippen LogP contribution in [0.5, 0.6) is 5.75 Å². The van der Waals surface area contributed by atoms with E-state index < -0.39 is 17.5 Å². The molecule has 3 rings (SSSR count). The highest BCUT2D eigenvalue weighted by Crippen LogP contribution is 2.29. The molecule has 27 heavy (non-hydrogen) atoms. The number of carbonyl (C=O) groups is 1. The van der Waals surface area contributed by atoms with Gasteiger partial charge in [0.2, 0.25) is 0 Å². The van der Waals surface area contributed by atoms with Crippen molar-refractivity contribution in [3.05, 3.63) is 71.1 Å². The van der Waals surface area contributed by atoms with Crippen molar-refractivity contribution in [2.75, 3.05) is 17.7 Å². The van der Waals surface area contributed by atoms with Crippen LogP contribution in [0.3, 0.4) is 0 Å². The third-order valence-electron chi connectivity index (χ3n) is 3.49. The molecular formula is C18H13ClF2N4O2. The minimum absolute atomic E-state index is 0.00309. The lowest BCUT2D eigenvalue weighted by molar-refractivity contribution is 0.102. The molecule has 0 fully saturated rings. The minimum Gasteiger partial charge on any atom is -0.495 e. The van der Waals surface area contributed by atoms with Gasteiger partial charge in [0.05, 0.1) is 25.2 Å². The second-order valence-electron chi connectivity index (χ2n) is 5.34. The maximum Gasteiger partial charge on any atom is 0.275 e. The van der Waals surface area contributed by atoms with Crippen molar-refractivity contribution in [3.63, 3.8) is 0 Å². The molecule has 138 valence electrons. The highest BCUT2D eigenvalue weighted by molar-refractivity contribution is 6.31. The Morgan fingerprint density at radius 1 is 1.07 bits per heavy atom. The Kier molecular flexibility index (Phi) is 5.46. The number of hydrogen-bond acceptors (Lipinski definition) is 5. The summed E-state index contributed by atoms with van der Waals surface area (Å²) in [6, 6.07) is 8.07. The van der Waals surface area contributed by atoms with Gasteiger partial charge in [0.1, 0.15) is 17.3 Å². The van der Waals surface area contributed by atoms with E-state index in [2.05, 4.69) is 20.6 Å². The molecule has 3 aromatic rings. The molecule has 1 aromatic heterocycles. The summed E-state index contributed by atoms with van der Waals surface area (Å²) in [5, 5.41) is 5.91. The van der Waals surface area contributed by atoms with Crippen LogP contribution in [0, 0.1) is 11.6 Å². The molecule has 0 atom stereocenters. The number of nitrogens with one attached hydrogen (secondary N) is 2. The first-order valence-corrected chi connectivity index (χ1v) is 8.03. The number of benzene rings is 2. The van der Waals surface area contributed by atoms with E-state index in [0.717, 1.165) is 12.1 Å². The van der Waals surface area contributed by atoms with Crippen molar-refractivity contribution < 1.29 is 18.3 Å². The van der Waals surface area contributed by atoms with Gasteiger partial charge in [-0.1, -0.05) is 11.6 Å². The SMILES string of the molecule is COc1ccc(Cl)cc1Nc1cnc(C(=O)Nc2ccc(F)c(F)c2)cn1. The molecule has 9 heteroatoms. The highest BCUT2D eigenvalue weighted by Gasteiger charge is 2.11. The summed E-state index contributed by atoms with van der Waals surface area (Å²) in [4.78, 5) is 20.3. The van der Waals surface area contributed by atoms with Gasteiger partial charge in [-0.05, 0) is 30.3 Å².